The highest BCUT2D eigenvalue weighted by molar-refractivity contribution is 6.30. The second-order valence-electron chi connectivity index (χ2n) is 7.66. The van der Waals surface area contributed by atoms with Gasteiger partial charge in [0.25, 0.3) is 0 Å². The molecule has 0 N–H and O–H groups in total. The number of ether oxygens (including phenoxy) is 2. The van der Waals surface area contributed by atoms with Crippen LogP contribution in [0.5, 0.6) is 5.75 Å². The standard InChI is InChI=1S/C24H34O5/c1-3-5-6-7-8-9-10-11-12-13-17-28-19-16-14-15-18-21(19)23(27)24(22(18)26)29-20(25)4-2/h14-16,24H,3-13,17H2,1-2H3. The number of ketones is 2. The lowest BCUT2D eigenvalue weighted by atomic mass is 10.1. The molecule has 0 bridgehead atoms. The number of hydrogen-bond donors (Lipinski definition) is 0. The number of carbonyl (C=O) groups is 3. The molecule has 0 saturated heterocycles. The second-order valence-corrected chi connectivity index (χ2v) is 7.66. The first-order valence-corrected chi connectivity index (χ1v) is 11.1. The van der Waals surface area contributed by atoms with Gasteiger partial charge in [-0.2, -0.15) is 0 Å². The molecule has 160 valence electrons. The number of fused-ring (bicyclic) bond motifs is 1. The first kappa shape index (κ1) is 23.1. The van der Waals surface area contributed by atoms with Crippen LogP contribution in [0.2, 0.25) is 0 Å². The van der Waals surface area contributed by atoms with E-state index in [0.717, 1.165) is 12.8 Å². The molecule has 5 nitrogen and oxygen atoms in total. The summed E-state index contributed by atoms with van der Waals surface area (Å²) < 4.78 is 10.8. The number of Topliss-reactive ketones (excluding diaryl/α,β-unsaturated/α-hetero) is 2. The Morgan fingerprint density at radius 1 is 0.862 bits per heavy atom. The molecule has 0 saturated carbocycles. The molecule has 0 aromatic heterocycles. The van der Waals surface area contributed by atoms with Crippen molar-refractivity contribution in [2.24, 2.45) is 0 Å². The highest BCUT2D eigenvalue weighted by Crippen LogP contribution is 2.32. The van der Waals surface area contributed by atoms with E-state index in [1.54, 1.807) is 25.1 Å². The topological polar surface area (TPSA) is 69.7 Å². The molecule has 1 unspecified atom stereocenters. The van der Waals surface area contributed by atoms with E-state index in [1.807, 2.05) is 0 Å². The molecule has 29 heavy (non-hydrogen) atoms. The van der Waals surface area contributed by atoms with Crippen molar-refractivity contribution in [3.05, 3.63) is 29.3 Å². The van der Waals surface area contributed by atoms with E-state index < -0.39 is 23.6 Å². The Labute approximate surface area is 174 Å². The molecule has 0 amide bonds. The number of unbranched alkanes of at least 4 members (excludes halogenated alkanes) is 9. The summed E-state index contributed by atoms with van der Waals surface area (Å²) in [4.78, 5) is 36.5. The van der Waals surface area contributed by atoms with Crippen LogP contribution in [0.4, 0.5) is 0 Å². The van der Waals surface area contributed by atoms with Gasteiger partial charge in [0.15, 0.2) is 0 Å². The van der Waals surface area contributed by atoms with Crippen molar-refractivity contribution in [1.29, 1.82) is 0 Å². The van der Waals surface area contributed by atoms with Crippen molar-refractivity contribution < 1.29 is 23.9 Å². The molecule has 0 fully saturated rings. The van der Waals surface area contributed by atoms with Gasteiger partial charge in [0.05, 0.1) is 12.2 Å². The lowest BCUT2D eigenvalue weighted by Crippen LogP contribution is -2.28. The average Bonchev–Trinajstić information content (AvgIpc) is 2.97. The molecular weight excluding hydrogens is 368 g/mol. The van der Waals surface area contributed by atoms with Gasteiger partial charge in [0.2, 0.25) is 17.7 Å². The van der Waals surface area contributed by atoms with E-state index in [2.05, 4.69) is 6.92 Å². The van der Waals surface area contributed by atoms with Crippen molar-refractivity contribution in [3.63, 3.8) is 0 Å². The number of hydrogen-bond acceptors (Lipinski definition) is 5. The molecule has 0 aliphatic heterocycles. The molecule has 0 heterocycles. The molecule has 0 radical (unpaired) electrons. The molecule has 1 aliphatic carbocycles. The Balaban J connectivity index is 1.74. The molecule has 1 atom stereocenters. The van der Waals surface area contributed by atoms with Crippen LogP contribution in [-0.4, -0.2) is 30.2 Å². The average molecular weight is 403 g/mol. The third-order valence-electron chi connectivity index (χ3n) is 5.31. The fourth-order valence-electron chi connectivity index (χ4n) is 3.60. The molecule has 5 heteroatoms. The number of rotatable bonds is 14. The third-order valence-corrected chi connectivity index (χ3v) is 5.31. The van der Waals surface area contributed by atoms with Crippen LogP contribution in [0.1, 0.15) is 105 Å². The maximum atomic E-state index is 12.6. The van der Waals surface area contributed by atoms with Gasteiger partial charge >= 0.3 is 5.97 Å². The number of benzene rings is 1. The summed E-state index contributed by atoms with van der Waals surface area (Å²) in [6, 6.07) is 4.98. The minimum absolute atomic E-state index is 0.121. The Bertz CT molecular complexity index is 695. The normalized spacial score (nSPS) is 15.4. The molecule has 0 spiro atoms. The van der Waals surface area contributed by atoms with Gasteiger partial charge in [0.1, 0.15) is 5.75 Å². The van der Waals surface area contributed by atoms with Crippen molar-refractivity contribution >= 4 is 17.5 Å². The van der Waals surface area contributed by atoms with Crippen LogP contribution in [0, 0.1) is 0 Å². The van der Waals surface area contributed by atoms with Crippen molar-refractivity contribution in [2.75, 3.05) is 6.61 Å². The zero-order valence-electron chi connectivity index (χ0n) is 17.8. The van der Waals surface area contributed by atoms with Crippen LogP contribution in [0.25, 0.3) is 0 Å². The van der Waals surface area contributed by atoms with E-state index in [0.29, 0.717) is 12.4 Å². The van der Waals surface area contributed by atoms with Crippen molar-refractivity contribution in [2.45, 2.75) is 90.6 Å². The van der Waals surface area contributed by atoms with Gasteiger partial charge in [-0.05, 0) is 12.5 Å². The minimum Gasteiger partial charge on any atom is -0.493 e. The zero-order chi connectivity index (χ0) is 21.1. The summed E-state index contributed by atoms with van der Waals surface area (Å²) in [5.41, 5.74) is 0.531. The number of esters is 1. The maximum absolute atomic E-state index is 12.6. The van der Waals surface area contributed by atoms with Crippen LogP contribution in [-0.2, 0) is 9.53 Å². The Morgan fingerprint density at radius 2 is 1.48 bits per heavy atom. The van der Waals surface area contributed by atoms with Gasteiger partial charge in [-0.3, -0.25) is 14.4 Å². The molecule has 1 aliphatic rings. The lowest BCUT2D eigenvalue weighted by molar-refractivity contribution is -0.144. The van der Waals surface area contributed by atoms with Gasteiger partial charge in [-0.25, -0.2) is 0 Å². The Kier molecular flexibility index (Phi) is 9.89. The lowest BCUT2D eigenvalue weighted by Gasteiger charge is -2.10. The van der Waals surface area contributed by atoms with Crippen LogP contribution in [0.3, 0.4) is 0 Å². The smallest absolute Gasteiger partial charge is 0.306 e. The summed E-state index contributed by atoms with van der Waals surface area (Å²) >= 11 is 0. The fraction of sp³-hybridized carbons (Fsp3) is 0.625. The third kappa shape index (κ3) is 6.69. The first-order valence-electron chi connectivity index (χ1n) is 11.1. The second kappa shape index (κ2) is 12.4. The first-order chi connectivity index (χ1) is 14.1. The number of carbonyl (C=O) groups excluding carboxylic acids is 3. The highest BCUT2D eigenvalue weighted by Gasteiger charge is 2.43. The summed E-state index contributed by atoms with van der Waals surface area (Å²) in [5, 5.41) is 0. The minimum atomic E-state index is -1.36. The molecule has 1 aromatic rings. The van der Waals surface area contributed by atoms with E-state index in [1.165, 1.54) is 51.4 Å². The van der Waals surface area contributed by atoms with E-state index in [9.17, 15) is 14.4 Å². The summed E-state index contributed by atoms with van der Waals surface area (Å²) in [7, 11) is 0. The summed E-state index contributed by atoms with van der Waals surface area (Å²) in [6.07, 6.45) is 11.2. The fourth-order valence-corrected chi connectivity index (χ4v) is 3.60. The monoisotopic (exact) mass is 402 g/mol. The van der Waals surface area contributed by atoms with Crippen molar-refractivity contribution in [3.8, 4) is 5.75 Å². The van der Waals surface area contributed by atoms with Crippen LogP contribution < -0.4 is 4.74 Å². The summed E-state index contributed by atoms with van der Waals surface area (Å²) in [6.45, 7) is 4.37. The van der Waals surface area contributed by atoms with Gasteiger partial charge in [-0.15, -0.1) is 0 Å². The Morgan fingerprint density at radius 3 is 2.10 bits per heavy atom. The van der Waals surface area contributed by atoms with Crippen molar-refractivity contribution in [1.82, 2.24) is 0 Å². The maximum Gasteiger partial charge on any atom is 0.306 e. The predicted molar refractivity (Wildman–Crippen MR) is 113 cm³/mol. The summed E-state index contributed by atoms with van der Waals surface area (Å²) in [5.74, 6) is -1.09. The van der Waals surface area contributed by atoms with Gasteiger partial charge in [-0.1, -0.05) is 83.8 Å². The SMILES string of the molecule is CCCCCCCCCCCCOc1cccc2c1C(=O)C(OC(=O)CC)C2=O. The van der Waals surface area contributed by atoms with Gasteiger partial charge in [0, 0.05) is 12.0 Å². The largest absolute Gasteiger partial charge is 0.493 e. The molecular formula is C24H34O5. The zero-order valence-corrected chi connectivity index (χ0v) is 17.8. The van der Waals surface area contributed by atoms with E-state index in [4.69, 9.17) is 9.47 Å². The highest BCUT2D eigenvalue weighted by atomic mass is 16.6. The van der Waals surface area contributed by atoms with Crippen LogP contribution >= 0.6 is 0 Å². The molecule has 1 aromatic carbocycles. The Hall–Kier alpha value is -2.17. The van der Waals surface area contributed by atoms with E-state index in [-0.39, 0.29) is 17.5 Å². The van der Waals surface area contributed by atoms with E-state index >= 15 is 0 Å². The quantitative estimate of drug-likeness (QED) is 0.227. The predicted octanol–water partition coefficient (Wildman–Crippen LogP) is 5.69. The van der Waals surface area contributed by atoms with Gasteiger partial charge < -0.3 is 9.47 Å². The molecule has 2 rings (SSSR count). The van der Waals surface area contributed by atoms with Crippen LogP contribution in [0.15, 0.2) is 18.2 Å².